The highest BCUT2D eigenvalue weighted by Gasteiger charge is 2.41. The van der Waals surface area contributed by atoms with Gasteiger partial charge in [-0.25, -0.2) is 4.98 Å². The number of piperidine rings is 2. The molecular formula is C36H43N4O2+. The molecule has 0 bridgehead atoms. The third kappa shape index (κ3) is 5.79. The van der Waals surface area contributed by atoms with Crippen molar-refractivity contribution >= 4 is 16.8 Å². The molecule has 42 heavy (non-hydrogen) atoms. The zero-order chi connectivity index (χ0) is 28.9. The largest absolute Gasteiger partial charge is 0.508 e. The van der Waals surface area contributed by atoms with E-state index in [1.54, 1.807) is 12.1 Å². The van der Waals surface area contributed by atoms with Crippen molar-refractivity contribution in [3.8, 4) is 17.0 Å². The number of hydrogen-bond donors (Lipinski definition) is 3. The van der Waals surface area contributed by atoms with Gasteiger partial charge in [0.25, 0.3) is 5.91 Å². The molecule has 0 radical (unpaired) electrons. The number of aromatic hydroxyl groups is 1. The number of fused-ring (bicyclic) bond motifs is 1. The standard InChI is InChI=1S/C36H42N4O2/c1-2-32(26-12-6-3-7-13-26)39-36(42)34-30-17-16-29(41)24-33(30)38-35(27-14-8-4-9-15-27)31(34)25-40(22-10-5-11-23-40)28-18-20-37-21-19-28/h3-4,6-9,12-17,24,28,32,37H,2,5,10-11,18-23,25H2,1H3,(H-,38,39,41,42)/p+1/t32-/m0/s1. The van der Waals surface area contributed by atoms with Crippen molar-refractivity contribution in [1.29, 1.82) is 0 Å². The quantitative estimate of drug-likeness (QED) is 0.208. The predicted molar refractivity (Wildman–Crippen MR) is 169 cm³/mol. The van der Waals surface area contributed by atoms with E-state index in [0.29, 0.717) is 17.1 Å². The van der Waals surface area contributed by atoms with E-state index in [-0.39, 0.29) is 17.7 Å². The van der Waals surface area contributed by atoms with Crippen LogP contribution in [0.5, 0.6) is 5.75 Å². The number of rotatable bonds is 8. The minimum Gasteiger partial charge on any atom is -0.508 e. The van der Waals surface area contributed by atoms with Crippen LogP contribution >= 0.6 is 0 Å². The summed E-state index contributed by atoms with van der Waals surface area (Å²) < 4.78 is 1.02. The molecule has 2 aliphatic heterocycles. The fourth-order valence-corrected chi connectivity index (χ4v) is 7.34. The molecule has 6 nitrogen and oxygen atoms in total. The van der Waals surface area contributed by atoms with Gasteiger partial charge in [0.2, 0.25) is 0 Å². The zero-order valence-electron chi connectivity index (χ0n) is 24.7. The van der Waals surface area contributed by atoms with Gasteiger partial charge in [0.05, 0.1) is 41.9 Å². The van der Waals surface area contributed by atoms with E-state index in [9.17, 15) is 9.90 Å². The SMILES string of the molecule is CC[C@H](NC(=O)c1c(C[N+]2(C3CCNCC3)CCCCC2)c(-c2ccccc2)nc2cc(O)ccc12)c1ccccc1. The van der Waals surface area contributed by atoms with Gasteiger partial charge in [-0.2, -0.15) is 0 Å². The molecule has 0 unspecified atom stereocenters. The van der Waals surface area contributed by atoms with Crippen LogP contribution in [0.4, 0.5) is 0 Å². The molecule has 2 saturated heterocycles. The number of benzene rings is 3. The van der Waals surface area contributed by atoms with Crippen molar-refractivity contribution in [1.82, 2.24) is 15.6 Å². The molecular weight excluding hydrogens is 520 g/mol. The average Bonchev–Trinajstić information content (AvgIpc) is 3.05. The molecule has 3 aromatic carbocycles. The highest BCUT2D eigenvalue weighted by atomic mass is 16.3. The third-order valence-electron chi connectivity index (χ3n) is 9.52. The van der Waals surface area contributed by atoms with Crippen LogP contribution in [0.15, 0.2) is 78.9 Å². The lowest BCUT2D eigenvalue weighted by Gasteiger charge is -2.49. The molecule has 2 aliphatic rings. The van der Waals surface area contributed by atoms with Gasteiger partial charge in [-0.05, 0) is 43.4 Å². The smallest absolute Gasteiger partial charge is 0.253 e. The lowest BCUT2D eigenvalue weighted by Crippen LogP contribution is -2.60. The number of aromatic nitrogens is 1. The van der Waals surface area contributed by atoms with Gasteiger partial charge in [-0.3, -0.25) is 4.79 Å². The van der Waals surface area contributed by atoms with Crippen LogP contribution in [0, 0.1) is 0 Å². The van der Waals surface area contributed by atoms with Crippen LogP contribution in [0.2, 0.25) is 0 Å². The maximum atomic E-state index is 14.6. The first-order valence-electron chi connectivity index (χ1n) is 15.7. The lowest BCUT2D eigenvalue weighted by molar-refractivity contribution is -0.968. The van der Waals surface area contributed by atoms with Crippen LogP contribution in [-0.4, -0.2) is 52.7 Å². The summed E-state index contributed by atoms with van der Waals surface area (Å²) in [6.45, 7) is 7.26. The predicted octanol–water partition coefficient (Wildman–Crippen LogP) is 6.74. The number of hydrogen-bond acceptors (Lipinski definition) is 4. The van der Waals surface area contributed by atoms with Gasteiger partial charge in [-0.15, -0.1) is 0 Å². The van der Waals surface area contributed by atoms with Crippen LogP contribution < -0.4 is 10.6 Å². The number of pyridine rings is 1. The second-order valence-corrected chi connectivity index (χ2v) is 12.1. The molecule has 0 saturated carbocycles. The topological polar surface area (TPSA) is 74.2 Å². The Bertz CT molecular complexity index is 1510. The van der Waals surface area contributed by atoms with E-state index < -0.39 is 0 Å². The summed E-state index contributed by atoms with van der Waals surface area (Å²) in [6.07, 6.45) is 6.80. The monoisotopic (exact) mass is 563 g/mol. The molecule has 0 aliphatic carbocycles. The molecule has 6 heteroatoms. The molecule has 2 fully saturated rings. The van der Waals surface area contributed by atoms with Crippen molar-refractivity contribution in [3.05, 3.63) is 95.6 Å². The van der Waals surface area contributed by atoms with Gasteiger partial charge in [0.1, 0.15) is 12.3 Å². The van der Waals surface area contributed by atoms with Crippen LogP contribution in [-0.2, 0) is 6.54 Å². The minimum atomic E-state index is -0.102. The number of carbonyl (C=O) groups is 1. The van der Waals surface area contributed by atoms with Gasteiger partial charge in [-0.1, -0.05) is 67.6 Å². The Labute approximate surface area is 249 Å². The normalized spacial score (nSPS) is 18.0. The number of phenols is 1. The van der Waals surface area contributed by atoms with Crippen LogP contribution in [0.3, 0.4) is 0 Å². The van der Waals surface area contributed by atoms with Gasteiger partial charge < -0.3 is 20.2 Å². The molecule has 218 valence electrons. The number of nitrogens with one attached hydrogen (secondary N) is 2. The molecule has 1 atom stereocenters. The molecule has 3 heterocycles. The molecule has 0 spiro atoms. The lowest BCUT2D eigenvalue weighted by atomic mass is 9.90. The molecule has 1 amide bonds. The van der Waals surface area contributed by atoms with E-state index in [2.05, 4.69) is 41.8 Å². The van der Waals surface area contributed by atoms with Crippen molar-refractivity contribution in [3.63, 3.8) is 0 Å². The van der Waals surface area contributed by atoms with Crippen molar-refractivity contribution < 1.29 is 14.4 Å². The van der Waals surface area contributed by atoms with Crippen molar-refractivity contribution in [2.75, 3.05) is 26.2 Å². The summed E-state index contributed by atoms with van der Waals surface area (Å²) in [5.41, 5.74) is 5.32. The first-order chi connectivity index (χ1) is 20.6. The zero-order valence-corrected chi connectivity index (χ0v) is 24.7. The Hall–Kier alpha value is -3.74. The molecule has 1 aromatic heterocycles. The maximum absolute atomic E-state index is 14.6. The number of likely N-dealkylation sites (tertiary alicyclic amines) is 1. The summed E-state index contributed by atoms with van der Waals surface area (Å²) in [5, 5.41) is 18.2. The van der Waals surface area contributed by atoms with E-state index in [0.717, 1.165) is 84.2 Å². The molecule has 3 N–H and O–H groups in total. The van der Waals surface area contributed by atoms with Gasteiger partial charge in [0, 0.05) is 48.5 Å². The second kappa shape index (κ2) is 12.6. The fourth-order valence-electron chi connectivity index (χ4n) is 7.34. The summed E-state index contributed by atoms with van der Waals surface area (Å²) in [7, 11) is 0. The van der Waals surface area contributed by atoms with Crippen molar-refractivity contribution in [2.45, 2.75) is 64.1 Å². The summed E-state index contributed by atoms with van der Waals surface area (Å²) in [6, 6.07) is 26.2. The van der Waals surface area contributed by atoms with Gasteiger partial charge >= 0.3 is 0 Å². The van der Waals surface area contributed by atoms with E-state index >= 15 is 0 Å². The first kappa shape index (κ1) is 28.4. The number of nitrogens with zero attached hydrogens (tertiary/aromatic N) is 2. The highest BCUT2D eigenvalue weighted by Crippen LogP contribution is 2.38. The van der Waals surface area contributed by atoms with Crippen LogP contribution in [0.25, 0.3) is 22.2 Å². The number of phenolic OH excluding ortho intramolecular Hbond substituents is 1. The fraction of sp³-hybridized carbons (Fsp3) is 0.389. The summed E-state index contributed by atoms with van der Waals surface area (Å²) >= 11 is 0. The Morgan fingerprint density at radius 2 is 1.67 bits per heavy atom. The highest BCUT2D eigenvalue weighted by molar-refractivity contribution is 6.09. The Balaban J connectivity index is 1.54. The average molecular weight is 564 g/mol. The number of carbonyl (C=O) groups excluding carboxylic acids is 1. The first-order valence-corrected chi connectivity index (χ1v) is 15.7. The molecule has 4 aromatic rings. The van der Waals surface area contributed by atoms with Gasteiger partial charge in [0.15, 0.2) is 0 Å². The Morgan fingerprint density at radius 1 is 0.976 bits per heavy atom. The van der Waals surface area contributed by atoms with Crippen molar-refractivity contribution in [2.24, 2.45) is 0 Å². The van der Waals surface area contributed by atoms with E-state index in [1.165, 1.54) is 19.3 Å². The van der Waals surface area contributed by atoms with Crippen LogP contribution in [0.1, 0.15) is 73.0 Å². The Kier molecular flexibility index (Phi) is 8.54. The Morgan fingerprint density at radius 3 is 2.36 bits per heavy atom. The number of quaternary nitrogens is 1. The summed E-state index contributed by atoms with van der Waals surface area (Å²) in [5.74, 6) is 0.0783. The maximum Gasteiger partial charge on any atom is 0.253 e. The second-order valence-electron chi connectivity index (χ2n) is 12.1. The third-order valence-corrected chi connectivity index (χ3v) is 9.52. The van der Waals surface area contributed by atoms with E-state index in [1.807, 2.05) is 42.5 Å². The van der Waals surface area contributed by atoms with E-state index in [4.69, 9.17) is 4.98 Å². The number of amides is 1. The minimum absolute atomic E-state index is 0.0727. The molecule has 6 rings (SSSR count). The summed E-state index contributed by atoms with van der Waals surface area (Å²) in [4.78, 5) is 19.8.